The molecule has 1 aromatic carbocycles. The molecule has 0 bridgehead atoms. The molecule has 0 spiro atoms. The van der Waals surface area contributed by atoms with Gasteiger partial charge in [0.05, 0.1) is 5.41 Å². The van der Waals surface area contributed by atoms with Crippen molar-refractivity contribution in [1.29, 1.82) is 0 Å². The van der Waals surface area contributed by atoms with E-state index in [9.17, 15) is 14.3 Å². The number of aliphatic carboxylic acids is 1. The van der Waals surface area contributed by atoms with Crippen molar-refractivity contribution in [2.75, 3.05) is 23.7 Å². The number of rotatable bonds is 4. The maximum absolute atomic E-state index is 14.0. The average molecular weight is 330 g/mol. The van der Waals surface area contributed by atoms with Gasteiger partial charge in [-0.1, -0.05) is 18.2 Å². The summed E-state index contributed by atoms with van der Waals surface area (Å²) in [4.78, 5) is 22.0. The molecule has 0 amide bonds. The van der Waals surface area contributed by atoms with Gasteiger partial charge in [-0.3, -0.25) is 4.79 Å². The summed E-state index contributed by atoms with van der Waals surface area (Å²) in [6, 6.07) is 7.95. The summed E-state index contributed by atoms with van der Waals surface area (Å²) in [5.74, 6) is -0.360. The standard InChI is InChI=1S/C17H19FN4O2/c18-13-5-2-1-4-12(13)9-17(16(23)24)6-3-7-22(10-17)15-8-14(19)20-11-21-15/h1-2,4-5,8,11H,3,6-7,9-10H2,(H,23,24)(H2,19,20,21)/t17-/m1/s1. The molecule has 126 valence electrons. The van der Waals surface area contributed by atoms with Crippen molar-refractivity contribution < 1.29 is 14.3 Å². The van der Waals surface area contributed by atoms with Crippen molar-refractivity contribution in [3.63, 3.8) is 0 Å². The Hall–Kier alpha value is -2.70. The van der Waals surface area contributed by atoms with Crippen LogP contribution in [0.4, 0.5) is 16.0 Å². The maximum atomic E-state index is 14.0. The number of nitrogens with zero attached hydrogens (tertiary/aromatic N) is 3. The number of carbonyl (C=O) groups is 1. The fourth-order valence-corrected chi connectivity index (χ4v) is 3.26. The van der Waals surface area contributed by atoms with E-state index in [1.165, 1.54) is 12.4 Å². The minimum absolute atomic E-state index is 0.145. The number of nitrogens with two attached hydrogens (primary N) is 1. The molecule has 1 aliphatic heterocycles. The number of benzene rings is 1. The fourth-order valence-electron chi connectivity index (χ4n) is 3.26. The smallest absolute Gasteiger partial charge is 0.311 e. The summed E-state index contributed by atoms with van der Waals surface area (Å²) >= 11 is 0. The van der Waals surface area contributed by atoms with E-state index in [0.29, 0.717) is 36.6 Å². The molecule has 1 atom stereocenters. The molecule has 24 heavy (non-hydrogen) atoms. The number of carboxylic acids is 1. The summed E-state index contributed by atoms with van der Waals surface area (Å²) < 4.78 is 14.0. The Kier molecular flexibility index (Phi) is 4.33. The van der Waals surface area contributed by atoms with Crippen molar-refractivity contribution in [1.82, 2.24) is 9.97 Å². The van der Waals surface area contributed by atoms with E-state index < -0.39 is 11.4 Å². The Morgan fingerprint density at radius 3 is 2.88 bits per heavy atom. The molecule has 0 unspecified atom stereocenters. The predicted molar refractivity (Wildman–Crippen MR) is 88.1 cm³/mol. The van der Waals surface area contributed by atoms with E-state index in [2.05, 4.69) is 9.97 Å². The van der Waals surface area contributed by atoms with Crippen molar-refractivity contribution in [3.8, 4) is 0 Å². The van der Waals surface area contributed by atoms with Crippen LogP contribution in [-0.2, 0) is 11.2 Å². The predicted octanol–water partition coefficient (Wildman–Crippen LogP) is 2.11. The van der Waals surface area contributed by atoms with E-state index in [1.807, 2.05) is 4.90 Å². The van der Waals surface area contributed by atoms with Crippen LogP contribution in [0.25, 0.3) is 0 Å². The zero-order valence-electron chi connectivity index (χ0n) is 13.2. The number of halogens is 1. The molecule has 3 rings (SSSR count). The van der Waals surface area contributed by atoms with Crippen molar-refractivity contribution in [3.05, 3.63) is 48.0 Å². The Labute approximate surface area is 139 Å². The lowest BCUT2D eigenvalue weighted by molar-refractivity contribution is -0.149. The topological polar surface area (TPSA) is 92.3 Å². The third-order valence-corrected chi connectivity index (χ3v) is 4.52. The molecule has 1 saturated heterocycles. The maximum Gasteiger partial charge on any atom is 0.311 e. The van der Waals surface area contributed by atoms with Crippen LogP contribution in [0.1, 0.15) is 18.4 Å². The van der Waals surface area contributed by atoms with Crippen molar-refractivity contribution in [2.45, 2.75) is 19.3 Å². The average Bonchev–Trinajstić information content (AvgIpc) is 2.57. The molecule has 3 N–H and O–H groups in total. The Bertz CT molecular complexity index is 755. The molecule has 0 aliphatic carbocycles. The first-order chi connectivity index (χ1) is 11.5. The first-order valence-electron chi connectivity index (χ1n) is 7.79. The van der Waals surface area contributed by atoms with Crippen LogP contribution in [-0.4, -0.2) is 34.1 Å². The lowest BCUT2D eigenvalue weighted by Gasteiger charge is -2.40. The Morgan fingerprint density at radius 2 is 2.17 bits per heavy atom. The number of aromatic nitrogens is 2. The first kappa shape index (κ1) is 16.2. The van der Waals surface area contributed by atoms with Gasteiger partial charge in [-0.25, -0.2) is 14.4 Å². The van der Waals surface area contributed by atoms with Gasteiger partial charge >= 0.3 is 5.97 Å². The van der Waals surface area contributed by atoms with Gasteiger partial charge in [0, 0.05) is 19.2 Å². The molecule has 0 radical (unpaired) electrons. The van der Waals surface area contributed by atoms with Crippen LogP contribution < -0.4 is 10.6 Å². The van der Waals surface area contributed by atoms with Crippen molar-refractivity contribution in [2.24, 2.45) is 5.41 Å². The Morgan fingerprint density at radius 1 is 1.38 bits per heavy atom. The second-order valence-electron chi connectivity index (χ2n) is 6.18. The lowest BCUT2D eigenvalue weighted by atomic mass is 9.75. The largest absolute Gasteiger partial charge is 0.481 e. The summed E-state index contributed by atoms with van der Waals surface area (Å²) in [6.07, 6.45) is 2.68. The summed E-state index contributed by atoms with van der Waals surface area (Å²) in [5.41, 5.74) is 5.06. The van der Waals surface area contributed by atoms with Crippen molar-refractivity contribution >= 4 is 17.6 Å². The SMILES string of the molecule is Nc1cc(N2CCC[C@](Cc3ccccc3F)(C(=O)O)C2)ncn1. The van der Waals surface area contributed by atoms with Crippen LogP contribution in [0.2, 0.25) is 0 Å². The number of hydrogen-bond acceptors (Lipinski definition) is 5. The molecule has 1 fully saturated rings. The number of nitrogen functional groups attached to an aromatic ring is 1. The monoisotopic (exact) mass is 330 g/mol. The lowest BCUT2D eigenvalue weighted by Crippen LogP contribution is -2.49. The summed E-state index contributed by atoms with van der Waals surface area (Å²) in [7, 11) is 0. The molecular weight excluding hydrogens is 311 g/mol. The van der Waals surface area contributed by atoms with Crippen LogP contribution in [0.15, 0.2) is 36.7 Å². The van der Waals surface area contributed by atoms with Crippen LogP contribution in [0, 0.1) is 11.2 Å². The highest BCUT2D eigenvalue weighted by molar-refractivity contribution is 5.76. The van der Waals surface area contributed by atoms with Gasteiger partial charge in [-0.05, 0) is 30.9 Å². The van der Waals surface area contributed by atoms with Gasteiger partial charge in [0.1, 0.15) is 23.8 Å². The van der Waals surface area contributed by atoms with Gasteiger partial charge < -0.3 is 15.7 Å². The second-order valence-corrected chi connectivity index (χ2v) is 6.18. The molecule has 6 nitrogen and oxygen atoms in total. The second kappa shape index (κ2) is 6.43. The van der Waals surface area contributed by atoms with Gasteiger partial charge in [0.25, 0.3) is 0 Å². The summed E-state index contributed by atoms with van der Waals surface area (Å²) in [6.45, 7) is 0.940. The minimum Gasteiger partial charge on any atom is -0.481 e. The van der Waals surface area contributed by atoms with E-state index >= 15 is 0 Å². The van der Waals surface area contributed by atoms with Crippen LogP contribution in [0.5, 0.6) is 0 Å². The molecule has 2 aromatic rings. The molecule has 7 heteroatoms. The van der Waals surface area contributed by atoms with Crippen LogP contribution >= 0.6 is 0 Å². The van der Waals surface area contributed by atoms with Gasteiger partial charge in [0.15, 0.2) is 0 Å². The highest BCUT2D eigenvalue weighted by Crippen LogP contribution is 2.36. The highest BCUT2D eigenvalue weighted by Gasteiger charge is 2.43. The third-order valence-electron chi connectivity index (χ3n) is 4.52. The fraction of sp³-hybridized carbons (Fsp3) is 0.353. The number of anilines is 2. The number of hydrogen-bond donors (Lipinski definition) is 2. The Balaban J connectivity index is 1.90. The summed E-state index contributed by atoms with van der Waals surface area (Å²) in [5, 5.41) is 9.85. The first-order valence-corrected chi connectivity index (χ1v) is 7.79. The third kappa shape index (κ3) is 3.15. The molecule has 1 aliphatic rings. The van der Waals surface area contributed by atoms with E-state index in [4.69, 9.17) is 5.73 Å². The van der Waals surface area contributed by atoms with Crippen LogP contribution in [0.3, 0.4) is 0 Å². The quantitative estimate of drug-likeness (QED) is 0.892. The van der Waals surface area contributed by atoms with E-state index in [-0.39, 0.29) is 18.8 Å². The van der Waals surface area contributed by atoms with E-state index in [0.717, 1.165) is 0 Å². The number of piperidine rings is 1. The zero-order chi connectivity index (χ0) is 17.2. The normalized spacial score (nSPS) is 20.8. The molecular formula is C17H19FN4O2. The highest BCUT2D eigenvalue weighted by atomic mass is 19.1. The van der Waals surface area contributed by atoms with E-state index in [1.54, 1.807) is 24.3 Å². The molecule has 0 saturated carbocycles. The van der Waals surface area contributed by atoms with Gasteiger partial charge in [-0.2, -0.15) is 0 Å². The molecule has 1 aromatic heterocycles. The number of carboxylic acid groups (broad SMARTS) is 1. The van der Waals surface area contributed by atoms with Gasteiger partial charge in [-0.15, -0.1) is 0 Å². The molecule has 2 heterocycles. The minimum atomic E-state index is -1.06. The zero-order valence-corrected chi connectivity index (χ0v) is 13.2. The van der Waals surface area contributed by atoms with Gasteiger partial charge in [0.2, 0.25) is 0 Å².